The van der Waals surface area contributed by atoms with Crippen molar-refractivity contribution < 1.29 is 0 Å². The molecule has 0 amide bonds. The van der Waals surface area contributed by atoms with Crippen LogP contribution in [0.25, 0.3) is 11.0 Å². The average Bonchev–Trinajstić information content (AvgIpc) is 2.53. The summed E-state index contributed by atoms with van der Waals surface area (Å²) in [5.41, 5.74) is 7.35. The summed E-state index contributed by atoms with van der Waals surface area (Å²) in [6.45, 7) is 0.622. The molecule has 2 aromatic rings. The smallest absolute Gasteiger partial charge is 0.140 e. The van der Waals surface area contributed by atoms with Gasteiger partial charge in [0.1, 0.15) is 12.0 Å². The molecule has 0 saturated carbocycles. The highest BCUT2D eigenvalue weighted by Gasteiger charge is 2.01. The summed E-state index contributed by atoms with van der Waals surface area (Å²) in [4.78, 5) is 11.3. The van der Waals surface area contributed by atoms with E-state index >= 15 is 0 Å². The normalized spacial score (nSPS) is 10.8. The fourth-order valence-corrected chi connectivity index (χ4v) is 1.26. The Morgan fingerprint density at radius 2 is 2.33 bits per heavy atom. The van der Waals surface area contributed by atoms with E-state index in [0.717, 1.165) is 23.1 Å². The zero-order valence-electron chi connectivity index (χ0n) is 6.62. The average molecular weight is 162 g/mol. The largest absolute Gasteiger partial charge is 0.346 e. The molecular formula is C8H10N4. The first-order valence-electron chi connectivity index (χ1n) is 3.89. The third kappa shape index (κ3) is 1.06. The van der Waals surface area contributed by atoms with Gasteiger partial charge in [0.05, 0.1) is 5.69 Å². The van der Waals surface area contributed by atoms with E-state index in [0.29, 0.717) is 6.54 Å². The Balaban J connectivity index is 2.57. The molecule has 0 aromatic carbocycles. The third-order valence-corrected chi connectivity index (χ3v) is 1.82. The van der Waals surface area contributed by atoms with Crippen molar-refractivity contribution in [1.82, 2.24) is 15.0 Å². The van der Waals surface area contributed by atoms with Gasteiger partial charge in [-0.15, -0.1) is 0 Å². The molecular weight excluding hydrogens is 152 g/mol. The van der Waals surface area contributed by atoms with Gasteiger partial charge >= 0.3 is 0 Å². The van der Waals surface area contributed by atoms with E-state index in [9.17, 15) is 0 Å². The molecule has 2 heterocycles. The van der Waals surface area contributed by atoms with Crippen LogP contribution in [0, 0.1) is 0 Å². The molecule has 0 saturated heterocycles. The van der Waals surface area contributed by atoms with Crippen LogP contribution in [0.3, 0.4) is 0 Å². The van der Waals surface area contributed by atoms with Crippen LogP contribution in [0.1, 0.15) is 5.69 Å². The Morgan fingerprint density at radius 1 is 1.42 bits per heavy atom. The molecule has 0 unspecified atom stereocenters. The van der Waals surface area contributed by atoms with E-state index in [4.69, 9.17) is 5.73 Å². The Labute approximate surface area is 69.8 Å². The molecule has 0 aliphatic heterocycles. The summed E-state index contributed by atoms with van der Waals surface area (Å²) in [6.07, 6.45) is 4.22. The van der Waals surface area contributed by atoms with Gasteiger partial charge in [0.2, 0.25) is 0 Å². The SMILES string of the molecule is NCCc1ncnc2[nH]ccc12. The minimum atomic E-state index is 0.622. The van der Waals surface area contributed by atoms with E-state index < -0.39 is 0 Å². The van der Waals surface area contributed by atoms with E-state index in [1.807, 2.05) is 12.3 Å². The van der Waals surface area contributed by atoms with Gasteiger partial charge in [0.25, 0.3) is 0 Å². The number of rotatable bonds is 2. The first-order valence-corrected chi connectivity index (χ1v) is 3.89. The van der Waals surface area contributed by atoms with Gasteiger partial charge in [-0.1, -0.05) is 0 Å². The number of hydrogen-bond acceptors (Lipinski definition) is 3. The van der Waals surface area contributed by atoms with Gasteiger partial charge < -0.3 is 10.7 Å². The molecule has 0 fully saturated rings. The Hall–Kier alpha value is -1.42. The molecule has 0 spiro atoms. The summed E-state index contributed by atoms with van der Waals surface area (Å²) in [5.74, 6) is 0. The lowest BCUT2D eigenvalue weighted by Gasteiger charge is -1.97. The quantitative estimate of drug-likeness (QED) is 0.674. The topological polar surface area (TPSA) is 67.6 Å². The molecule has 2 aromatic heterocycles. The van der Waals surface area contributed by atoms with Crippen LogP contribution in [-0.2, 0) is 6.42 Å². The Morgan fingerprint density at radius 3 is 3.17 bits per heavy atom. The van der Waals surface area contributed by atoms with E-state index in [1.165, 1.54) is 0 Å². The third-order valence-electron chi connectivity index (χ3n) is 1.82. The van der Waals surface area contributed by atoms with Crippen molar-refractivity contribution in [2.45, 2.75) is 6.42 Å². The molecule has 2 rings (SSSR count). The molecule has 3 N–H and O–H groups in total. The molecule has 0 aliphatic carbocycles. The van der Waals surface area contributed by atoms with Gasteiger partial charge in [-0.05, 0) is 12.6 Å². The molecule has 0 radical (unpaired) electrons. The number of aromatic amines is 1. The summed E-state index contributed by atoms with van der Waals surface area (Å²) in [6, 6.07) is 1.97. The fraction of sp³-hybridized carbons (Fsp3) is 0.250. The first kappa shape index (κ1) is 7.24. The second-order valence-corrected chi connectivity index (χ2v) is 2.60. The van der Waals surface area contributed by atoms with Crippen LogP contribution in [0.2, 0.25) is 0 Å². The molecule has 62 valence electrons. The van der Waals surface area contributed by atoms with Crippen molar-refractivity contribution in [3.8, 4) is 0 Å². The van der Waals surface area contributed by atoms with Gasteiger partial charge in [0.15, 0.2) is 0 Å². The van der Waals surface area contributed by atoms with Crippen molar-refractivity contribution in [3.05, 3.63) is 24.3 Å². The molecule has 0 bridgehead atoms. The van der Waals surface area contributed by atoms with Gasteiger partial charge in [0, 0.05) is 18.0 Å². The minimum Gasteiger partial charge on any atom is -0.346 e. The zero-order chi connectivity index (χ0) is 8.39. The van der Waals surface area contributed by atoms with E-state index in [2.05, 4.69) is 15.0 Å². The fourth-order valence-electron chi connectivity index (χ4n) is 1.26. The predicted molar refractivity (Wildman–Crippen MR) is 46.6 cm³/mol. The number of nitrogens with two attached hydrogens (primary N) is 1. The first-order chi connectivity index (χ1) is 5.92. The van der Waals surface area contributed by atoms with Crippen LogP contribution < -0.4 is 5.73 Å². The van der Waals surface area contributed by atoms with Crippen LogP contribution in [-0.4, -0.2) is 21.5 Å². The van der Waals surface area contributed by atoms with Crippen molar-refractivity contribution in [1.29, 1.82) is 0 Å². The van der Waals surface area contributed by atoms with E-state index in [1.54, 1.807) is 6.33 Å². The summed E-state index contributed by atoms with van der Waals surface area (Å²) < 4.78 is 0. The van der Waals surface area contributed by atoms with Crippen LogP contribution in [0.15, 0.2) is 18.6 Å². The summed E-state index contributed by atoms with van der Waals surface area (Å²) in [5, 5.41) is 1.07. The van der Waals surface area contributed by atoms with Gasteiger partial charge in [-0.25, -0.2) is 9.97 Å². The zero-order valence-corrected chi connectivity index (χ0v) is 6.62. The summed E-state index contributed by atoms with van der Waals surface area (Å²) >= 11 is 0. The minimum absolute atomic E-state index is 0.622. The Bertz CT molecular complexity index is 379. The van der Waals surface area contributed by atoms with Crippen LogP contribution >= 0.6 is 0 Å². The highest BCUT2D eigenvalue weighted by Crippen LogP contribution is 2.12. The van der Waals surface area contributed by atoms with Crippen molar-refractivity contribution in [2.75, 3.05) is 6.54 Å². The molecule has 4 nitrogen and oxygen atoms in total. The summed E-state index contributed by atoms with van der Waals surface area (Å²) in [7, 11) is 0. The lowest BCUT2D eigenvalue weighted by Crippen LogP contribution is -2.04. The standard InChI is InChI=1S/C8H10N4/c9-3-1-7-6-2-4-10-8(6)12-5-11-7/h2,4-5H,1,3,9H2,(H,10,11,12). The molecule has 12 heavy (non-hydrogen) atoms. The van der Waals surface area contributed by atoms with Crippen molar-refractivity contribution in [3.63, 3.8) is 0 Å². The van der Waals surface area contributed by atoms with Crippen LogP contribution in [0.5, 0.6) is 0 Å². The van der Waals surface area contributed by atoms with Crippen molar-refractivity contribution in [2.24, 2.45) is 5.73 Å². The number of fused-ring (bicyclic) bond motifs is 1. The van der Waals surface area contributed by atoms with Crippen LogP contribution in [0.4, 0.5) is 0 Å². The van der Waals surface area contributed by atoms with Gasteiger partial charge in [-0.2, -0.15) is 0 Å². The molecule has 0 aliphatic rings. The lowest BCUT2D eigenvalue weighted by atomic mass is 10.2. The number of nitrogens with one attached hydrogen (secondary N) is 1. The molecule has 0 atom stereocenters. The maximum atomic E-state index is 5.45. The number of aromatic nitrogens is 3. The molecule has 4 heteroatoms. The maximum absolute atomic E-state index is 5.45. The van der Waals surface area contributed by atoms with E-state index in [-0.39, 0.29) is 0 Å². The Kier molecular flexibility index (Phi) is 1.75. The second kappa shape index (κ2) is 2.91. The predicted octanol–water partition coefficient (Wildman–Crippen LogP) is 0.459. The van der Waals surface area contributed by atoms with Gasteiger partial charge in [-0.3, -0.25) is 0 Å². The highest BCUT2D eigenvalue weighted by atomic mass is 14.9. The monoisotopic (exact) mass is 162 g/mol. The number of nitrogens with zero attached hydrogens (tertiary/aromatic N) is 2. The van der Waals surface area contributed by atoms with Crippen molar-refractivity contribution >= 4 is 11.0 Å². The number of hydrogen-bond donors (Lipinski definition) is 2. The lowest BCUT2D eigenvalue weighted by molar-refractivity contribution is 0.926. The maximum Gasteiger partial charge on any atom is 0.140 e. The second-order valence-electron chi connectivity index (χ2n) is 2.60. The number of H-pyrrole nitrogens is 1. The highest BCUT2D eigenvalue weighted by molar-refractivity contribution is 5.77.